The molecule has 1 atom stereocenters. The molecular weight excluding hydrogens is 359 g/mol. The molecule has 150 valence electrons. The second-order valence-electron chi connectivity index (χ2n) is 7.06. The van der Waals surface area contributed by atoms with Crippen LogP contribution in [0.2, 0.25) is 0 Å². The van der Waals surface area contributed by atoms with Gasteiger partial charge < -0.3 is 15.0 Å². The van der Waals surface area contributed by atoms with E-state index >= 15 is 0 Å². The van der Waals surface area contributed by atoms with Gasteiger partial charge in [0.15, 0.2) is 0 Å². The van der Waals surface area contributed by atoms with Crippen LogP contribution >= 0.6 is 0 Å². The molecule has 3 rings (SSSR count). The number of alkyl halides is 3. The molecule has 27 heavy (non-hydrogen) atoms. The van der Waals surface area contributed by atoms with Gasteiger partial charge in [-0.05, 0) is 24.5 Å². The Morgan fingerprint density at radius 3 is 2.81 bits per heavy atom. The van der Waals surface area contributed by atoms with Crippen molar-refractivity contribution < 1.29 is 22.7 Å². The summed E-state index contributed by atoms with van der Waals surface area (Å²) in [5.74, 6) is -0.281. The van der Waals surface area contributed by atoms with Crippen molar-refractivity contribution in [3.05, 3.63) is 35.4 Å². The fourth-order valence-corrected chi connectivity index (χ4v) is 3.76. The van der Waals surface area contributed by atoms with E-state index in [0.29, 0.717) is 32.7 Å². The summed E-state index contributed by atoms with van der Waals surface area (Å²) < 4.78 is 45.1. The standard InChI is InChI=1S/C19H26F3N3O2/c20-19(21,22)17-5-2-1-4-16(17)15-6-9-25(14-15)18(26)23-7-10-24-8-3-12-27-13-11-24/h1-2,4-5,15H,3,6-14H2,(H,23,26). The van der Waals surface area contributed by atoms with Crippen LogP contribution in [0, 0.1) is 0 Å². The van der Waals surface area contributed by atoms with Gasteiger partial charge in [-0.2, -0.15) is 13.2 Å². The van der Waals surface area contributed by atoms with Crippen LogP contribution in [0.25, 0.3) is 0 Å². The number of amides is 2. The third-order valence-corrected chi connectivity index (χ3v) is 5.20. The molecule has 0 bridgehead atoms. The van der Waals surface area contributed by atoms with Crippen molar-refractivity contribution in [2.24, 2.45) is 0 Å². The predicted octanol–water partition coefficient (Wildman–Crippen LogP) is 2.93. The molecule has 2 saturated heterocycles. The Bertz CT molecular complexity index is 631. The largest absolute Gasteiger partial charge is 0.416 e. The first kappa shape index (κ1) is 19.9. The maximum atomic E-state index is 13.2. The Morgan fingerprint density at radius 1 is 1.19 bits per heavy atom. The molecule has 0 radical (unpaired) electrons. The third kappa shape index (κ3) is 5.35. The third-order valence-electron chi connectivity index (χ3n) is 5.20. The van der Waals surface area contributed by atoms with Gasteiger partial charge in [-0.1, -0.05) is 18.2 Å². The Hall–Kier alpha value is -1.80. The molecule has 0 spiro atoms. The van der Waals surface area contributed by atoms with E-state index in [4.69, 9.17) is 4.74 Å². The van der Waals surface area contributed by atoms with Crippen molar-refractivity contribution in [3.63, 3.8) is 0 Å². The lowest BCUT2D eigenvalue weighted by molar-refractivity contribution is -0.138. The molecule has 5 nitrogen and oxygen atoms in total. The second-order valence-corrected chi connectivity index (χ2v) is 7.06. The summed E-state index contributed by atoms with van der Waals surface area (Å²) >= 11 is 0. The minimum atomic E-state index is -4.37. The summed E-state index contributed by atoms with van der Waals surface area (Å²) in [5.41, 5.74) is -0.314. The zero-order valence-corrected chi connectivity index (χ0v) is 15.3. The molecule has 8 heteroatoms. The van der Waals surface area contributed by atoms with E-state index < -0.39 is 11.7 Å². The summed E-state index contributed by atoms with van der Waals surface area (Å²) in [7, 11) is 0. The zero-order chi connectivity index (χ0) is 19.3. The van der Waals surface area contributed by atoms with Crippen molar-refractivity contribution in [2.75, 3.05) is 52.5 Å². The molecule has 1 aromatic carbocycles. The van der Waals surface area contributed by atoms with Gasteiger partial charge in [0.25, 0.3) is 0 Å². The van der Waals surface area contributed by atoms with Gasteiger partial charge in [0.1, 0.15) is 0 Å². The second kappa shape index (κ2) is 8.93. The topological polar surface area (TPSA) is 44.8 Å². The van der Waals surface area contributed by atoms with Gasteiger partial charge >= 0.3 is 12.2 Å². The van der Waals surface area contributed by atoms with E-state index in [0.717, 1.165) is 38.7 Å². The normalized spacial score (nSPS) is 21.9. The maximum Gasteiger partial charge on any atom is 0.416 e. The first-order chi connectivity index (χ1) is 12.9. The van der Waals surface area contributed by atoms with E-state index in [1.807, 2.05) is 0 Å². The molecule has 1 aromatic rings. The fourth-order valence-electron chi connectivity index (χ4n) is 3.76. The van der Waals surface area contributed by atoms with Crippen LogP contribution in [-0.2, 0) is 10.9 Å². The van der Waals surface area contributed by atoms with Crippen LogP contribution in [0.3, 0.4) is 0 Å². The summed E-state index contributed by atoms with van der Waals surface area (Å²) in [6, 6.07) is 5.46. The molecule has 2 aliphatic heterocycles. The fraction of sp³-hybridized carbons (Fsp3) is 0.632. The number of urea groups is 1. The molecule has 0 saturated carbocycles. The van der Waals surface area contributed by atoms with Crippen molar-refractivity contribution in [3.8, 4) is 0 Å². The van der Waals surface area contributed by atoms with E-state index in [1.54, 1.807) is 11.0 Å². The number of halogens is 3. The highest BCUT2D eigenvalue weighted by molar-refractivity contribution is 5.74. The number of rotatable bonds is 4. The lowest BCUT2D eigenvalue weighted by Crippen LogP contribution is -2.42. The number of hydrogen-bond acceptors (Lipinski definition) is 3. The summed E-state index contributed by atoms with van der Waals surface area (Å²) in [6.07, 6.45) is -2.84. The Labute approximate surface area is 157 Å². The minimum Gasteiger partial charge on any atom is -0.380 e. The lowest BCUT2D eigenvalue weighted by atomic mass is 9.93. The van der Waals surface area contributed by atoms with E-state index in [1.165, 1.54) is 12.1 Å². The Morgan fingerprint density at radius 2 is 2.00 bits per heavy atom. The molecule has 2 heterocycles. The molecule has 1 unspecified atom stereocenters. The van der Waals surface area contributed by atoms with Crippen molar-refractivity contribution in [1.29, 1.82) is 0 Å². The van der Waals surface area contributed by atoms with Crippen LogP contribution in [0.15, 0.2) is 24.3 Å². The van der Waals surface area contributed by atoms with E-state index in [-0.39, 0.29) is 17.5 Å². The Kier molecular flexibility index (Phi) is 6.59. The van der Waals surface area contributed by atoms with E-state index in [2.05, 4.69) is 10.2 Å². The number of ether oxygens (including phenoxy) is 1. The van der Waals surface area contributed by atoms with Gasteiger partial charge in [0, 0.05) is 51.8 Å². The molecule has 2 fully saturated rings. The number of likely N-dealkylation sites (tertiary alicyclic amines) is 1. The number of benzene rings is 1. The van der Waals surface area contributed by atoms with Crippen LogP contribution in [0.1, 0.15) is 29.9 Å². The smallest absolute Gasteiger partial charge is 0.380 e. The van der Waals surface area contributed by atoms with Gasteiger partial charge in [-0.25, -0.2) is 4.79 Å². The number of nitrogens with zero attached hydrogens (tertiary/aromatic N) is 2. The van der Waals surface area contributed by atoms with Crippen molar-refractivity contribution in [1.82, 2.24) is 15.1 Å². The number of carbonyl (C=O) groups excluding carboxylic acids is 1. The zero-order valence-electron chi connectivity index (χ0n) is 15.3. The number of nitrogens with one attached hydrogen (secondary N) is 1. The molecule has 2 aliphatic rings. The van der Waals surface area contributed by atoms with Gasteiger partial charge in [-0.15, -0.1) is 0 Å². The van der Waals surface area contributed by atoms with Crippen LogP contribution in [0.5, 0.6) is 0 Å². The highest BCUT2D eigenvalue weighted by Crippen LogP contribution is 2.38. The van der Waals surface area contributed by atoms with E-state index in [9.17, 15) is 18.0 Å². The number of hydrogen-bond donors (Lipinski definition) is 1. The first-order valence-corrected chi connectivity index (χ1v) is 9.44. The lowest BCUT2D eigenvalue weighted by Gasteiger charge is -2.22. The average molecular weight is 385 g/mol. The summed E-state index contributed by atoms with van der Waals surface area (Å²) in [5, 5.41) is 2.89. The first-order valence-electron chi connectivity index (χ1n) is 9.44. The highest BCUT2D eigenvalue weighted by Gasteiger charge is 2.37. The SMILES string of the molecule is O=C(NCCN1CCCOCC1)N1CCC(c2ccccc2C(F)(F)F)C1. The summed E-state index contributed by atoms with van der Waals surface area (Å²) in [4.78, 5) is 16.2. The average Bonchev–Trinajstić information content (AvgIpc) is 2.99. The Balaban J connectivity index is 1.50. The predicted molar refractivity (Wildman–Crippen MR) is 95.6 cm³/mol. The minimum absolute atomic E-state index is 0.201. The van der Waals surface area contributed by atoms with Crippen molar-refractivity contribution >= 4 is 6.03 Å². The van der Waals surface area contributed by atoms with Gasteiger partial charge in [0.2, 0.25) is 0 Å². The summed E-state index contributed by atoms with van der Waals surface area (Å²) in [6.45, 7) is 5.36. The van der Waals surface area contributed by atoms with Crippen LogP contribution in [-0.4, -0.2) is 68.3 Å². The van der Waals surface area contributed by atoms with Gasteiger partial charge in [-0.3, -0.25) is 4.90 Å². The molecule has 1 N–H and O–H groups in total. The monoisotopic (exact) mass is 385 g/mol. The van der Waals surface area contributed by atoms with Crippen LogP contribution < -0.4 is 5.32 Å². The van der Waals surface area contributed by atoms with Gasteiger partial charge in [0.05, 0.1) is 12.2 Å². The molecule has 0 aliphatic carbocycles. The number of carbonyl (C=O) groups is 1. The molecule has 0 aromatic heterocycles. The van der Waals surface area contributed by atoms with Crippen molar-refractivity contribution in [2.45, 2.75) is 24.9 Å². The quantitative estimate of drug-likeness (QED) is 0.867. The maximum absolute atomic E-state index is 13.2. The molecular formula is C19H26F3N3O2. The molecule has 2 amide bonds. The van der Waals surface area contributed by atoms with Crippen LogP contribution in [0.4, 0.5) is 18.0 Å². The highest BCUT2D eigenvalue weighted by atomic mass is 19.4.